The van der Waals surface area contributed by atoms with Crippen LogP contribution in [0, 0.1) is 35.0 Å². The average Bonchev–Trinajstić information content (AvgIpc) is 2.71. The van der Waals surface area contributed by atoms with Crippen LogP contribution in [-0.2, 0) is 23.9 Å². The summed E-state index contributed by atoms with van der Waals surface area (Å²) in [6.45, 7) is 10.8. The van der Waals surface area contributed by atoms with Crippen LogP contribution < -0.4 is 0 Å². The number of carboxylic acid groups (broad SMARTS) is 1. The SMILES string of the molecule is CCC(CC(CC(C)C(=O)O)C(=O)OC(C)(C)C)C(=O)OC(CC)C12CC3CC(CC(O)(C3)C1)C2. The van der Waals surface area contributed by atoms with Crippen LogP contribution in [0.5, 0.6) is 0 Å². The van der Waals surface area contributed by atoms with Crippen LogP contribution >= 0.6 is 0 Å². The molecule has 0 amide bonds. The Hall–Kier alpha value is -1.63. The second-order valence-electron chi connectivity index (χ2n) is 12.9. The largest absolute Gasteiger partial charge is 0.481 e. The van der Waals surface area contributed by atoms with Gasteiger partial charge in [0.05, 0.1) is 23.4 Å². The Morgan fingerprint density at radius 3 is 2.00 bits per heavy atom. The lowest BCUT2D eigenvalue weighted by Crippen LogP contribution is -2.59. The number of rotatable bonds is 11. The number of carboxylic acids is 1. The summed E-state index contributed by atoms with van der Waals surface area (Å²) < 4.78 is 11.8. The fraction of sp³-hybridized carbons (Fsp3) is 0.893. The van der Waals surface area contributed by atoms with E-state index in [2.05, 4.69) is 0 Å². The van der Waals surface area contributed by atoms with Crippen molar-refractivity contribution in [1.82, 2.24) is 0 Å². The van der Waals surface area contributed by atoms with Gasteiger partial charge in [-0.1, -0.05) is 20.8 Å². The van der Waals surface area contributed by atoms with Crippen LogP contribution in [0.4, 0.5) is 0 Å². The molecule has 0 aliphatic heterocycles. The fourth-order valence-electron chi connectivity index (χ4n) is 7.51. The molecular formula is C28H46O7. The summed E-state index contributed by atoms with van der Waals surface area (Å²) in [5.74, 6) is -2.68. The molecule has 0 heterocycles. The molecule has 4 bridgehead atoms. The van der Waals surface area contributed by atoms with Gasteiger partial charge in [0.1, 0.15) is 11.7 Å². The second kappa shape index (κ2) is 10.4. The van der Waals surface area contributed by atoms with Gasteiger partial charge in [0, 0.05) is 5.41 Å². The average molecular weight is 495 g/mol. The number of carbonyl (C=O) groups is 3. The van der Waals surface area contributed by atoms with Crippen LogP contribution in [0.2, 0.25) is 0 Å². The Morgan fingerprint density at radius 2 is 1.54 bits per heavy atom. The van der Waals surface area contributed by atoms with E-state index in [1.165, 1.54) is 6.42 Å². The number of esters is 2. The van der Waals surface area contributed by atoms with Crippen molar-refractivity contribution in [3.8, 4) is 0 Å². The van der Waals surface area contributed by atoms with Gasteiger partial charge in [-0.2, -0.15) is 0 Å². The summed E-state index contributed by atoms with van der Waals surface area (Å²) in [6.07, 6.45) is 6.89. The highest BCUT2D eigenvalue weighted by Gasteiger charge is 2.60. The van der Waals surface area contributed by atoms with Gasteiger partial charge in [0.15, 0.2) is 0 Å². The Bertz CT molecular complexity index is 784. The molecule has 4 aliphatic rings. The van der Waals surface area contributed by atoms with E-state index >= 15 is 0 Å². The molecule has 200 valence electrons. The number of ether oxygens (including phenoxy) is 2. The Labute approximate surface area is 210 Å². The molecule has 0 radical (unpaired) electrons. The van der Waals surface area contributed by atoms with Crippen molar-refractivity contribution in [1.29, 1.82) is 0 Å². The lowest BCUT2D eigenvalue weighted by Gasteiger charge is -2.62. The van der Waals surface area contributed by atoms with Crippen LogP contribution in [0.15, 0.2) is 0 Å². The highest BCUT2D eigenvalue weighted by molar-refractivity contribution is 5.77. The van der Waals surface area contributed by atoms with Gasteiger partial charge < -0.3 is 19.7 Å². The van der Waals surface area contributed by atoms with E-state index < -0.39 is 40.9 Å². The summed E-state index contributed by atoms with van der Waals surface area (Å²) in [5, 5.41) is 20.6. The number of carbonyl (C=O) groups excluding carboxylic acids is 2. The van der Waals surface area contributed by atoms with Crippen LogP contribution in [0.1, 0.15) is 106 Å². The minimum atomic E-state index is -0.972. The number of hydrogen-bond acceptors (Lipinski definition) is 6. The fourth-order valence-corrected chi connectivity index (χ4v) is 7.51. The van der Waals surface area contributed by atoms with Crippen LogP contribution in [0.3, 0.4) is 0 Å². The third-order valence-electron chi connectivity index (χ3n) is 8.58. The molecule has 0 aromatic rings. The van der Waals surface area contributed by atoms with Crippen molar-refractivity contribution in [2.24, 2.45) is 35.0 Å². The normalized spacial score (nSPS) is 33.0. The van der Waals surface area contributed by atoms with Crippen LogP contribution in [0.25, 0.3) is 0 Å². The smallest absolute Gasteiger partial charge is 0.309 e. The highest BCUT2D eigenvalue weighted by Crippen LogP contribution is 2.63. The molecule has 0 aromatic heterocycles. The summed E-state index contributed by atoms with van der Waals surface area (Å²) in [4.78, 5) is 37.8. The first kappa shape index (κ1) is 27.9. The van der Waals surface area contributed by atoms with E-state index in [1.807, 2.05) is 13.8 Å². The molecule has 0 saturated heterocycles. The molecule has 6 atom stereocenters. The van der Waals surface area contributed by atoms with E-state index in [4.69, 9.17) is 9.47 Å². The number of hydrogen-bond donors (Lipinski definition) is 2. The molecule has 4 fully saturated rings. The standard InChI is InChI=1S/C28H46O7/c1-7-20(11-21(9-17(3)23(29)30)25(32)35-26(4,5)6)24(31)34-22(8-2)27-12-18-10-19(13-27)15-28(33,14-18)16-27/h17-22,33H,7-16H2,1-6H3,(H,29,30). The molecule has 35 heavy (non-hydrogen) atoms. The Kier molecular flexibility index (Phi) is 8.30. The first-order chi connectivity index (χ1) is 16.2. The molecular weight excluding hydrogens is 448 g/mol. The first-order valence-corrected chi connectivity index (χ1v) is 13.6. The van der Waals surface area contributed by atoms with Gasteiger partial charge in [-0.15, -0.1) is 0 Å². The first-order valence-electron chi connectivity index (χ1n) is 13.6. The van der Waals surface area contributed by atoms with E-state index in [1.54, 1.807) is 27.7 Å². The van der Waals surface area contributed by atoms with Crippen molar-refractivity contribution >= 4 is 17.9 Å². The van der Waals surface area contributed by atoms with Crippen molar-refractivity contribution in [3.05, 3.63) is 0 Å². The summed E-state index contributed by atoms with van der Waals surface area (Å²) in [7, 11) is 0. The van der Waals surface area contributed by atoms with Crippen LogP contribution in [-0.4, -0.2) is 45.4 Å². The molecule has 2 N–H and O–H groups in total. The summed E-state index contributed by atoms with van der Waals surface area (Å²) in [6, 6.07) is 0. The molecule has 4 saturated carbocycles. The number of aliphatic hydroxyl groups is 1. The Balaban J connectivity index is 1.73. The van der Waals surface area contributed by atoms with Crippen molar-refractivity contribution in [2.75, 3.05) is 0 Å². The van der Waals surface area contributed by atoms with Crippen molar-refractivity contribution < 1.29 is 34.1 Å². The van der Waals surface area contributed by atoms with Crippen molar-refractivity contribution in [3.63, 3.8) is 0 Å². The van der Waals surface area contributed by atoms with E-state index in [0.29, 0.717) is 31.1 Å². The molecule has 0 spiro atoms. The molecule has 7 nitrogen and oxygen atoms in total. The maximum atomic E-state index is 13.4. The lowest BCUT2D eigenvalue weighted by molar-refractivity contribution is -0.210. The molecule has 4 aliphatic carbocycles. The zero-order valence-corrected chi connectivity index (χ0v) is 22.5. The quantitative estimate of drug-likeness (QED) is 0.383. The van der Waals surface area contributed by atoms with Gasteiger partial charge in [0.25, 0.3) is 0 Å². The van der Waals surface area contributed by atoms with Gasteiger partial charge in [-0.3, -0.25) is 14.4 Å². The molecule has 7 heteroatoms. The van der Waals surface area contributed by atoms with Gasteiger partial charge in [-0.05, 0) is 96.8 Å². The maximum Gasteiger partial charge on any atom is 0.309 e. The zero-order valence-electron chi connectivity index (χ0n) is 22.5. The second-order valence-corrected chi connectivity index (χ2v) is 12.9. The van der Waals surface area contributed by atoms with E-state index in [0.717, 1.165) is 25.7 Å². The molecule has 4 rings (SSSR count). The van der Waals surface area contributed by atoms with E-state index in [9.17, 15) is 24.6 Å². The predicted octanol–water partition coefficient (Wildman–Crippen LogP) is 5.12. The lowest BCUT2D eigenvalue weighted by atomic mass is 9.46. The summed E-state index contributed by atoms with van der Waals surface area (Å²) >= 11 is 0. The van der Waals surface area contributed by atoms with Gasteiger partial charge in [-0.25, -0.2) is 0 Å². The minimum Gasteiger partial charge on any atom is -0.481 e. The third kappa shape index (κ3) is 6.58. The van der Waals surface area contributed by atoms with Gasteiger partial charge in [0.2, 0.25) is 0 Å². The van der Waals surface area contributed by atoms with Crippen molar-refractivity contribution in [2.45, 2.75) is 123 Å². The third-order valence-corrected chi connectivity index (χ3v) is 8.58. The maximum absolute atomic E-state index is 13.4. The number of aliphatic carboxylic acids is 1. The van der Waals surface area contributed by atoms with Gasteiger partial charge >= 0.3 is 17.9 Å². The predicted molar refractivity (Wildman–Crippen MR) is 131 cm³/mol. The monoisotopic (exact) mass is 494 g/mol. The minimum absolute atomic E-state index is 0.117. The summed E-state index contributed by atoms with van der Waals surface area (Å²) in [5.41, 5.74) is -1.48. The van der Waals surface area contributed by atoms with E-state index in [-0.39, 0.29) is 30.3 Å². The molecule has 0 aromatic carbocycles. The zero-order chi connectivity index (χ0) is 26.2. The topological polar surface area (TPSA) is 110 Å². The molecule has 6 unspecified atom stereocenters. The Morgan fingerprint density at radius 1 is 0.943 bits per heavy atom. The highest BCUT2D eigenvalue weighted by atomic mass is 16.6.